The van der Waals surface area contributed by atoms with Gasteiger partial charge in [0, 0.05) is 6.04 Å². The van der Waals surface area contributed by atoms with E-state index in [1.165, 1.54) is 44.9 Å². The largest absolute Gasteiger partial charge is 0.305 e. The molecule has 1 aliphatic rings. The molecule has 1 fully saturated rings. The molecule has 1 aliphatic carbocycles. The average molecular weight is 250 g/mol. The van der Waals surface area contributed by atoms with Crippen LogP contribution < -0.4 is 5.32 Å². The van der Waals surface area contributed by atoms with Crippen molar-refractivity contribution in [3.05, 3.63) is 12.2 Å². The first-order chi connectivity index (χ1) is 8.79. The topological polar surface area (TPSA) is 53.6 Å². The highest BCUT2D eigenvalue weighted by Gasteiger charge is 2.20. The Kier molecular flexibility index (Phi) is 5.17. The first kappa shape index (κ1) is 13.5. The lowest BCUT2D eigenvalue weighted by Crippen LogP contribution is -2.31. The SMILES string of the molecule is CCCC1CCCC(NC(C)c2ncn[nH]2)CC1. The van der Waals surface area contributed by atoms with E-state index in [2.05, 4.69) is 34.3 Å². The summed E-state index contributed by atoms with van der Waals surface area (Å²) in [5.74, 6) is 1.91. The van der Waals surface area contributed by atoms with Crippen LogP contribution in [0.3, 0.4) is 0 Å². The zero-order chi connectivity index (χ0) is 12.8. The van der Waals surface area contributed by atoms with Crippen LogP contribution in [0, 0.1) is 5.92 Å². The molecule has 3 atom stereocenters. The van der Waals surface area contributed by atoms with E-state index in [0.29, 0.717) is 6.04 Å². The molecule has 1 aromatic rings. The maximum Gasteiger partial charge on any atom is 0.141 e. The van der Waals surface area contributed by atoms with E-state index in [4.69, 9.17) is 0 Å². The van der Waals surface area contributed by atoms with Crippen LogP contribution in [-0.2, 0) is 0 Å². The number of H-pyrrole nitrogens is 1. The summed E-state index contributed by atoms with van der Waals surface area (Å²) in [5.41, 5.74) is 0. The quantitative estimate of drug-likeness (QED) is 0.789. The molecular weight excluding hydrogens is 224 g/mol. The molecule has 3 unspecified atom stereocenters. The second kappa shape index (κ2) is 6.88. The van der Waals surface area contributed by atoms with Crippen molar-refractivity contribution in [2.24, 2.45) is 5.92 Å². The van der Waals surface area contributed by atoms with Gasteiger partial charge in [-0.25, -0.2) is 4.98 Å². The fourth-order valence-electron chi connectivity index (χ4n) is 3.10. The van der Waals surface area contributed by atoms with Crippen LogP contribution in [0.5, 0.6) is 0 Å². The fraction of sp³-hybridized carbons (Fsp3) is 0.857. The average Bonchev–Trinajstić information content (AvgIpc) is 2.81. The Morgan fingerprint density at radius 2 is 2.28 bits per heavy atom. The lowest BCUT2D eigenvalue weighted by molar-refractivity contribution is 0.387. The standard InChI is InChI=1S/C14H26N4/c1-3-5-12-6-4-7-13(9-8-12)17-11(2)14-15-10-16-18-14/h10-13,17H,3-9H2,1-2H3,(H,15,16,18). The van der Waals surface area contributed by atoms with Crippen molar-refractivity contribution in [1.82, 2.24) is 20.5 Å². The van der Waals surface area contributed by atoms with Crippen LogP contribution in [0.15, 0.2) is 6.33 Å². The van der Waals surface area contributed by atoms with Gasteiger partial charge in [0.15, 0.2) is 0 Å². The van der Waals surface area contributed by atoms with Crippen molar-refractivity contribution in [2.75, 3.05) is 0 Å². The summed E-state index contributed by atoms with van der Waals surface area (Å²) in [5, 5.41) is 10.6. The predicted octanol–water partition coefficient (Wildman–Crippen LogP) is 3.20. The molecule has 1 heterocycles. The maximum atomic E-state index is 4.22. The van der Waals surface area contributed by atoms with Crippen molar-refractivity contribution in [3.8, 4) is 0 Å². The molecule has 0 amide bonds. The van der Waals surface area contributed by atoms with Crippen LogP contribution in [0.4, 0.5) is 0 Å². The normalized spacial score (nSPS) is 26.8. The number of aromatic amines is 1. The molecule has 4 heteroatoms. The number of nitrogens with one attached hydrogen (secondary N) is 2. The fourth-order valence-corrected chi connectivity index (χ4v) is 3.10. The van der Waals surface area contributed by atoms with Gasteiger partial charge in [-0.05, 0) is 32.1 Å². The van der Waals surface area contributed by atoms with E-state index in [-0.39, 0.29) is 6.04 Å². The Labute approximate surface area is 110 Å². The van der Waals surface area contributed by atoms with Crippen molar-refractivity contribution >= 4 is 0 Å². The van der Waals surface area contributed by atoms with Gasteiger partial charge in [-0.1, -0.05) is 32.6 Å². The number of rotatable bonds is 5. The number of hydrogen-bond donors (Lipinski definition) is 2. The molecule has 1 aromatic heterocycles. The monoisotopic (exact) mass is 250 g/mol. The first-order valence-electron chi connectivity index (χ1n) is 7.41. The Morgan fingerprint density at radius 1 is 1.39 bits per heavy atom. The summed E-state index contributed by atoms with van der Waals surface area (Å²) in [6, 6.07) is 0.923. The van der Waals surface area contributed by atoms with E-state index in [9.17, 15) is 0 Å². The Bertz CT molecular complexity index is 323. The zero-order valence-corrected chi connectivity index (χ0v) is 11.7. The van der Waals surface area contributed by atoms with Crippen LogP contribution in [0.2, 0.25) is 0 Å². The molecule has 102 valence electrons. The molecule has 0 aliphatic heterocycles. The van der Waals surface area contributed by atoms with E-state index in [0.717, 1.165) is 11.7 Å². The zero-order valence-electron chi connectivity index (χ0n) is 11.7. The van der Waals surface area contributed by atoms with Gasteiger partial charge in [-0.15, -0.1) is 0 Å². The van der Waals surface area contributed by atoms with Gasteiger partial charge >= 0.3 is 0 Å². The van der Waals surface area contributed by atoms with Crippen LogP contribution in [-0.4, -0.2) is 21.2 Å². The molecule has 0 saturated heterocycles. The highest BCUT2D eigenvalue weighted by molar-refractivity contribution is 4.90. The van der Waals surface area contributed by atoms with E-state index >= 15 is 0 Å². The Balaban J connectivity index is 1.79. The third-order valence-corrected chi connectivity index (χ3v) is 4.11. The van der Waals surface area contributed by atoms with Gasteiger partial charge in [0.05, 0.1) is 6.04 Å². The molecule has 0 spiro atoms. The summed E-state index contributed by atoms with van der Waals surface area (Å²) in [6.45, 7) is 4.46. The lowest BCUT2D eigenvalue weighted by atomic mass is 9.95. The second-order valence-corrected chi connectivity index (χ2v) is 5.62. The van der Waals surface area contributed by atoms with Crippen LogP contribution in [0.1, 0.15) is 70.7 Å². The van der Waals surface area contributed by atoms with E-state index in [1.54, 1.807) is 6.33 Å². The van der Waals surface area contributed by atoms with Gasteiger partial charge in [0.2, 0.25) is 0 Å². The summed E-state index contributed by atoms with van der Waals surface area (Å²) >= 11 is 0. The van der Waals surface area contributed by atoms with Gasteiger partial charge < -0.3 is 5.32 Å². The van der Waals surface area contributed by atoms with Gasteiger partial charge in [0.1, 0.15) is 12.2 Å². The van der Waals surface area contributed by atoms with Crippen molar-refractivity contribution in [2.45, 2.75) is 70.9 Å². The van der Waals surface area contributed by atoms with Gasteiger partial charge in [0.25, 0.3) is 0 Å². The minimum absolute atomic E-state index is 0.278. The number of hydrogen-bond acceptors (Lipinski definition) is 3. The molecule has 0 bridgehead atoms. The maximum absolute atomic E-state index is 4.22. The minimum atomic E-state index is 0.278. The summed E-state index contributed by atoms with van der Waals surface area (Å²) in [4.78, 5) is 4.22. The summed E-state index contributed by atoms with van der Waals surface area (Å²) in [7, 11) is 0. The first-order valence-corrected chi connectivity index (χ1v) is 7.41. The highest BCUT2D eigenvalue weighted by atomic mass is 15.2. The third-order valence-electron chi connectivity index (χ3n) is 4.11. The molecular formula is C14H26N4. The molecule has 18 heavy (non-hydrogen) atoms. The Morgan fingerprint density at radius 3 is 3.00 bits per heavy atom. The van der Waals surface area contributed by atoms with Crippen molar-refractivity contribution in [1.29, 1.82) is 0 Å². The predicted molar refractivity (Wildman–Crippen MR) is 73.2 cm³/mol. The van der Waals surface area contributed by atoms with Crippen molar-refractivity contribution in [3.63, 3.8) is 0 Å². The highest BCUT2D eigenvalue weighted by Crippen LogP contribution is 2.27. The molecule has 0 aromatic carbocycles. The molecule has 1 saturated carbocycles. The molecule has 2 rings (SSSR count). The molecule has 2 N–H and O–H groups in total. The smallest absolute Gasteiger partial charge is 0.141 e. The Hall–Kier alpha value is -0.900. The van der Waals surface area contributed by atoms with Gasteiger partial charge in [-0.2, -0.15) is 5.10 Å². The number of nitrogens with zero attached hydrogens (tertiary/aromatic N) is 2. The lowest BCUT2D eigenvalue weighted by Gasteiger charge is -2.20. The minimum Gasteiger partial charge on any atom is -0.305 e. The van der Waals surface area contributed by atoms with Crippen LogP contribution >= 0.6 is 0 Å². The second-order valence-electron chi connectivity index (χ2n) is 5.62. The third kappa shape index (κ3) is 3.80. The van der Waals surface area contributed by atoms with Gasteiger partial charge in [-0.3, -0.25) is 5.10 Å². The van der Waals surface area contributed by atoms with Crippen LogP contribution in [0.25, 0.3) is 0 Å². The summed E-state index contributed by atoms with van der Waals surface area (Å²) < 4.78 is 0. The molecule has 4 nitrogen and oxygen atoms in total. The van der Waals surface area contributed by atoms with E-state index in [1.807, 2.05) is 0 Å². The summed E-state index contributed by atoms with van der Waals surface area (Å²) in [6.07, 6.45) is 11.1. The number of aromatic nitrogens is 3. The molecule has 0 radical (unpaired) electrons. The van der Waals surface area contributed by atoms with Crippen molar-refractivity contribution < 1.29 is 0 Å². The van der Waals surface area contributed by atoms with E-state index < -0.39 is 0 Å².